The molecule has 0 radical (unpaired) electrons. The number of aldehydes is 1. The highest BCUT2D eigenvalue weighted by Gasteiger charge is 2.60. The van der Waals surface area contributed by atoms with E-state index in [1.54, 1.807) is 0 Å². The zero-order valence-corrected chi connectivity index (χ0v) is 9.70. The van der Waals surface area contributed by atoms with Crippen molar-refractivity contribution >= 4 is 12.4 Å². The summed E-state index contributed by atoms with van der Waals surface area (Å²) in [7, 11) is 0. The Morgan fingerprint density at radius 2 is 2.44 bits per heavy atom. The summed E-state index contributed by atoms with van der Waals surface area (Å²) in [5, 5.41) is 2.93. The first kappa shape index (κ1) is 11.4. The number of fused-ring (bicyclic) bond motifs is 1. The summed E-state index contributed by atoms with van der Waals surface area (Å²) in [5.74, 6) is 0.522. The van der Waals surface area contributed by atoms with E-state index in [-0.39, 0.29) is 17.6 Å². The molecule has 3 unspecified atom stereocenters. The zero-order chi connectivity index (χ0) is 11.6. The van der Waals surface area contributed by atoms with Crippen LogP contribution in [0, 0.1) is 11.8 Å². The van der Waals surface area contributed by atoms with Crippen molar-refractivity contribution in [2.24, 2.45) is 11.8 Å². The molecule has 0 aromatic rings. The molecule has 0 aromatic heterocycles. The summed E-state index contributed by atoms with van der Waals surface area (Å²) < 4.78 is 5.07. The van der Waals surface area contributed by atoms with Crippen LogP contribution in [0.3, 0.4) is 0 Å². The first-order valence-electron chi connectivity index (χ1n) is 6.12. The normalized spacial score (nSPS) is 35.3. The monoisotopic (exact) mass is 225 g/mol. The number of carbonyl (C=O) groups is 2. The van der Waals surface area contributed by atoms with Gasteiger partial charge in [-0.25, -0.2) is 4.79 Å². The molecule has 1 amide bonds. The molecule has 0 bridgehead atoms. The molecule has 2 aliphatic rings. The lowest BCUT2D eigenvalue weighted by Crippen LogP contribution is -2.70. The van der Waals surface area contributed by atoms with E-state index in [0.717, 1.165) is 38.4 Å². The Morgan fingerprint density at radius 1 is 1.62 bits per heavy atom. The maximum atomic E-state index is 11.5. The van der Waals surface area contributed by atoms with E-state index in [0.29, 0.717) is 12.5 Å². The van der Waals surface area contributed by atoms with Crippen LogP contribution in [-0.4, -0.2) is 24.5 Å². The van der Waals surface area contributed by atoms with Crippen molar-refractivity contribution in [2.45, 2.75) is 44.6 Å². The van der Waals surface area contributed by atoms with Crippen molar-refractivity contribution < 1.29 is 14.3 Å². The fourth-order valence-corrected chi connectivity index (χ4v) is 2.84. The SMILES string of the molecule is CCCCOC(=O)NC12CCC1C(C=O)C2. The highest BCUT2D eigenvalue weighted by molar-refractivity contribution is 5.70. The van der Waals surface area contributed by atoms with Gasteiger partial charge in [0.15, 0.2) is 0 Å². The highest BCUT2D eigenvalue weighted by Crippen LogP contribution is 2.56. The number of hydrogen-bond donors (Lipinski definition) is 1. The molecule has 0 heterocycles. The van der Waals surface area contributed by atoms with Crippen LogP contribution in [0.2, 0.25) is 0 Å². The van der Waals surface area contributed by atoms with Gasteiger partial charge in [-0.3, -0.25) is 0 Å². The van der Waals surface area contributed by atoms with Gasteiger partial charge < -0.3 is 14.8 Å². The molecule has 4 heteroatoms. The number of carbonyl (C=O) groups excluding carboxylic acids is 2. The topological polar surface area (TPSA) is 55.4 Å². The molecule has 2 fully saturated rings. The van der Waals surface area contributed by atoms with Crippen LogP contribution < -0.4 is 5.32 Å². The number of alkyl carbamates (subject to hydrolysis) is 1. The fourth-order valence-electron chi connectivity index (χ4n) is 2.84. The minimum absolute atomic E-state index is 0.102. The molecule has 4 nitrogen and oxygen atoms in total. The van der Waals surface area contributed by atoms with Crippen LogP contribution in [0.15, 0.2) is 0 Å². The summed E-state index contributed by atoms with van der Waals surface area (Å²) in [6, 6.07) is 0. The minimum atomic E-state index is -0.317. The lowest BCUT2D eigenvalue weighted by atomic mass is 9.48. The molecule has 0 saturated heterocycles. The smallest absolute Gasteiger partial charge is 0.407 e. The van der Waals surface area contributed by atoms with Crippen molar-refractivity contribution in [3.8, 4) is 0 Å². The van der Waals surface area contributed by atoms with Gasteiger partial charge in [0.25, 0.3) is 0 Å². The van der Waals surface area contributed by atoms with E-state index in [4.69, 9.17) is 4.74 Å². The number of ether oxygens (including phenoxy) is 1. The number of hydrogen-bond acceptors (Lipinski definition) is 3. The predicted molar refractivity (Wildman–Crippen MR) is 59.0 cm³/mol. The average molecular weight is 225 g/mol. The number of amides is 1. The van der Waals surface area contributed by atoms with Crippen molar-refractivity contribution in [1.29, 1.82) is 0 Å². The van der Waals surface area contributed by atoms with Crippen LogP contribution in [0.4, 0.5) is 4.79 Å². The molecule has 0 aliphatic heterocycles. The minimum Gasteiger partial charge on any atom is -0.450 e. The largest absolute Gasteiger partial charge is 0.450 e. The van der Waals surface area contributed by atoms with Crippen LogP contribution in [-0.2, 0) is 9.53 Å². The number of unbranched alkanes of at least 4 members (excludes halogenated alkanes) is 1. The van der Waals surface area contributed by atoms with Gasteiger partial charge in [0.2, 0.25) is 0 Å². The van der Waals surface area contributed by atoms with Crippen molar-refractivity contribution in [3.63, 3.8) is 0 Å². The Labute approximate surface area is 95.7 Å². The molecule has 2 rings (SSSR count). The predicted octanol–water partition coefficient (Wildman–Crippen LogP) is 1.88. The van der Waals surface area contributed by atoms with E-state index in [9.17, 15) is 9.59 Å². The molecule has 90 valence electrons. The summed E-state index contributed by atoms with van der Waals surface area (Å²) >= 11 is 0. The van der Waals surface area contributed by atoms with Crippen molar-refractivity contribution in [1.82, 2.24) is 5.32 Å². The van der Waals surface area contributed by atoms with Crippen LogP contribution in [0.25, 0.3) is 0 Å². The molecular weight excluding hydrogens is 206 g/mol. The average Bonchev–Trinajstić information content (AvgIpc) is 2.26. The molecular formula is C12H19NO3. The van der Waals surface area contributed by atoms with Gasteiger partial charge in [0.05, 0.1) is 6.61 Å². The fraction of sp³-hybridized carbons (Fsp3) is 0.833. The number of nitrogens with one attached hydrogen (secondary N) is 1. The third-order valence-corrected chi connectivity index (χ3v) is 3.98. The van der Waals surface area contributed by atoms with E-state index in [1.165, 1.54) is 0 Å². The highest BCUT2D eigenvalue weighted by atomic mass is 16.5. The maximum Gasteiger partial charge on any atom is 0.407 e. The molecule has 16 heavy (non-hydrogen) atoms. The Balaban J connectivity index is 1.74. The van der Waals surface area contributed by atoms with Crippen molar-refractivity contribution in [2.75, 3.05) is 6.61 Å². The van der Waals surface area contributed by atoms with Crippen LogP contribution in [0.5, 0.6) is 0 Å². The second-order valence-electron chi connectivity index (χ2n) is 4.92. The number of rotatable bonds is 5. The van der Waals surface area contributed by atoms with Crippen LogP contribution >= 0.6 is 0 Å². The quantitative estimate of drug-likeness (QED) is 0.574. The summed E-state index contributed by atoms with van der Waals surface area (Å²) in [6.07, 6.45) is 5.47. The van der Waals surface area contributed by atoms with Gasteiger partial charge >= 0.3 is 6.09 Å². The first-order chi connectivity index (χ1) is 7.72. The summed E-state index contributed by atoms with van der Waals surface area (Å²) in [6.45, 7) is 2.54. The van der Waals surface area contributed by atoms with E-state index in [1.807, 2.05) is 0 Å². The van der Waals surface area contributed by atoms with E-state index >= 15 is 0 Å². The standard InChI is InChI=1S/C12H19NO3/c1-2-3-6-16-11(15)13-12-5-4-10(12)9(7-12)8-14/h8-10H,2-7H2,1H3,(H,13,15). The molecule has 2 aliphatic carbocycles. The summed E-state index contributed by atoms with van der Waals surface area (Å²) in [4.78, 5) is 22.2. The van der Waals surface area contributed by atoms with Gasteiger partial charge in [-0.05, 0) is 31.6 Å². The maximum absolute atomic E-state index is 11.5. The lowest BCUT2D eigenvalue weighted by molar-refractivity contribution is -0.132. The second kappa shape index (κ2) is 4.44. The summed E-state index contributed by atoms with van der Waals surface area (Å²) in [5.41, 5.74) is -0.102. The Bertz CT molecular complexity index is 292. The van der Waals surface area contributed by atoms with Gasteiger partial charge in [-0.15, -0.1) is 0 Å². The lowest BCUT2D eigenvalue weighted by Gasteiger charge is -2.61. The molecule has 3 atom stereocenters. The second-order valence-corrected chi connectivity index (χ2v) is 4.92. The molecule has 1 N–H and O–H groups in total. The third kappa shape index (κ3) is 1.81. The Hall–Kier alpha value is -1.06. The Kier molecular flexibility index (Phi) is 3.17. The molecule has 0 aromatic carbocycles. The first-order valence-corrected chi connectivity index (χ1v) is 6.12. The molecule has 0 spiro atoms. The van der Waals surface area contributed by atoms with Gasteiger partial charge in [0, 0.05) is 11.5 Å². The van der Waals surface area contributed by atoms with E-state index in [2.05, 4.69) is 12.2 Å². The van der Waals surface area contributed by atoms with Crippen LogP contribution in [0.1, 0.15) is 39.0 Å². The molecule has 2 saturated carbocycles. The Morgan fingerprint density at radius 3 is 2.94 bits per heavy atom. The van der Waals surface area contributed by atoms with Crippen molar-refractivity contribution in [3.05, 3.63) is 0 Å². The van der Waals surface area contributed by atoms with Gasteiger partial charge in [0.1, 0.15) is 6.29 Å². The van der Waals surface area contributed by atoms with E-state index < -0.39 is 0 Å². The zero-order valence-electron chi connectivity index (χ0n) is 9.70. The van der Waals surface area contributed by atoms with Gasteiger partial charge in [-0.2, -0.15) is 0 Å². The third-order valence-electron chi connectivity index (χ3n) is 3.98. The van der Waals surface area contributed by atoms with Gasteiger partial charge in [-0.1, -0.05) is 13.3 Å².